The largest absolute Gasteiger partial charge is 0.379 e. The van der Waals surface area contributed by atoms with Gasteiger partial charge in [-0.3, -0.25) is 29.0 Å². The van der Waals surface area contributed by atoms with Crippen molar-refractivity contribution in [3.8, 4) is 0 Å². The lowest BCUT2D eigenvalue weighted by atomic mass is 10.3. The third kappa shape index (κ3) is 9.64. The Balaban J connectivity index is 1.00. The summed E-state index contributed by atoms with van der Waals surface area (Å²) in [5, 5.41) is 15.4. The van der Waals surface area contributed by atoms with Gasteiger partial charge in [0.2, 0.25) is 0 Å². The molecular weight excluding hydrogens is 726 g/mol. The second kappa shape index (κ2) is 17.4. The fourth-order valence-corrected chi connectivity index (χ4v) is 7.13. The van der Waals surface area contributed by atoms with Gasteiger partial charge in [-0.1, -0.05) is 11.6 Å². The second-order valence-corrected chi connectivity index (χ2v) is 14.0. The maximum atomic E-state index is 13.3. The van der Waals surface area contributed by atoms with Gasteiger partial charge in [0.15, 0.2) is 5.69 Å². The van der Waals surface area contributed by atoms with Crippen LogP contribution in [0.3, 0.4) is 0 Å². The van der Waals surface area contributed by atoms with Crippen LogP contribution in [0.5, 0.6) is 0 Å². The van der Waals surface area contributed by atoms with Gasteiger partial charge in [-0.05, 0) is 29.7 Å². The molecule has 2 fully saturated rings. The number of morpholine rings is 2. The zero-order chi connectivity index (χ0) is 37.5. The Bertz CT molecular complexity index is 1940. The van der Waals surface area contributed by atoms with E-state index in [9.17, 15) is 19.2 Å². The molecule has 53 heavy (non-hydrogen) atoms. The van der Waals surface area contributed by atoms with Gasteiger partial charge in [0.25, 0.3) is 23.6 Å². The van der Waals surface area contributed by atoms with E-state index in [0.717, 1.165) is 64.0 Å². The molecule has 0 aromatic carbocycles. The second-order valence-electron chi connectivity index (χ2n) is 12.8. The molecule has 0 bridgehead atoms. The van der Waals surface area contributed by atoms with Crippen molar-refractivity contribution in [2.45, 2.75) is 0 Å². The van der Waals surface area contributed by atoms with Crippen molar-refractivity contribution < 1.29 is 28.7 Å². The Labute approximate surface area is 315 Å². The van der Waals surface area contributed by atoms with Crippen LogP contribution in [-0.2, 0) is 30.6 Å². The Morgan fingerprint density at radius 2 is 1.11 bits per heavy atom. The number of carbonyl (C=O) groups is 4. The van der Waals surface area contributed by atoms with Crippen LogP contribution < -0.4 is 26.6 Å². The predicted octanol–water partition coefficient (Wildman–Crippen LogP) is 2.38. The molecule has 4 aromatic heterocycles. The van der Waals surface area contributed by atoms with Gasteiger partial charge in [-0.25, -0.2) is 0 Å². The average molecular weight is 770 g/mol. The van der Waals surface area contributed by atoms with E-state index in [2.05, 4.69) is 40.8 Å². The molecule has 5 N–H and O–H groups in total. The van der Waals surface area contributed by atoms with Crippen LogP contribution in [0.4, 0.5) is 22.1 Å². The smallest absolute Gasteiger partial charge is 0.277 e. The van der Waals surface area contributed by atoms with Gasteiger partial charge < -0.3 is 49.8 Å². The number of aryl methyl sites for hydroxylation is 3. The van der Waals surface area contributed by atoms with Crippen molar-refractivity contribution >= 4 is 68.8 Å². The predicted molar refractivity (Wildman–Crippen MR) is 203 cm³/mol. The minimum Gasteiger partial charge on any atom is -0.379 e. The number of rotatable bonds is 14. The number of hydrogen-bond acceptors (Lipinski definition) is 11. The van der Waals surface area contributed by atoms with Crippen LogP contribution in [0, 0.1) is 0 Å². The Morgan fingerprint density at radius 3 is 1.60 bits per heavy atom. The molecule has 0 spiro atoms. The number of aromatic nitrogens is 4. The summed E-state index contributed by atoms with van der Waals surface area (Å²) in [5.74, 6) is -1.61. The van der Waals surface area contributed by atoms with E-state index >= 15 is 0 Å². The molecule has 0 unspecified atom stereocenters. The number of carbonyl (C=O) groups excluding carboxylic acids is 4. The molecule has 4 aromatic rings. The number of ether oxygens (including phenoxy) is 2. The summed E-state index contributed by atoms with van der Waals surface area (Å²) in [6.45, 7) is 8.97. The van der Waals surface area contributed by atoms with Gasteiger partial charge in [-0.15, -0.1) is 0 Å². The normalized spacial score (nSPS) is 15.2. The summed E-state index contributed by atoms with van der Waals surface area (Å²) in [6.07, 6.45) is 4.89. The molecule has 2 aliphatic rings. The lowest BCUT2D eigenvalue weighted by Crippen LogP contribution is -2.41. The first-order valence-corrected chi connectivity index (χ1v) is 18.4. The molecule has 2 aliphatic heterocycles. The third-order valence-electron chi connectivity index (χ3n) is 8.97. The number of hydrogen-bond donors (Lipinski definition) is 5. The van der Waals surface area contributed by atoms with E-state index < -0.39 is 17.7 Å². The van der Waals surface area contributed by atoms with Crippen molar-refractivity contribution in [3.63, 3.8) is 0 Å². The van der Waals surface area contributed by atoms with E-state index in [1.807, 2.05) is 0 Å². The minimum absolute atomic E-state index is 0.0879. The van der Waals surface area contributed by atoms with E-state index in [4.69, 9.17) is 21.1 Å². The number of amides is 4. The van der Waals surface area contributed by atoms with Crippen LogP contribution in [0.1, 0.15) is 42.0 Å². The Hall–Kier alpha value is -4.72. The van der Waals surface area contributed by atoms with E-state index in [1.54, 1.807) is 65.6 Å². The SMILES string of the molecule is Cn1cc(NC(=O)c2cc(NC(=O)c3cc(NC(=O)c4nsc(NCCN5CCOCC5)c4Cl)cn3C)cn2C)cc1C(=O)NCCN1CCOCC1. The van der Waals surface area contributed by atoms with Crippen LogP contribution in [0.25, 0.3) is 0 Å². The average Bonchev–Trinajstić information content (AvgIpc) is 3.90. The highest BCUT2D eigenvalue weighted by Crippen LogP contribution is 2.31. The Morgan fingerprint density at radius 1 is 0.679 bits per heavy atom. The number of nitrogens with one attached hydrogen (secondary N) is 5. The summed E-state index contributed by atoms with van der Waals surface area (Å²) in [5.41, 5.74) is 2.29. The van der Waals surface area contributed by atoms with E-state index in [-0.39, 0.29) is 28.0 Å². The number of anilines is 4. The molecule has 0 atom stereocenters. The van der Waals surface area contributed by atoms with Crippen molar-refractivity contribution in [3.05, 3.63) is 64.6 Å². The standard InChI is InChI=1S/C34H44ClN11O6S/c1-42-19-22(16-25(42)30(47)36-4-6-45-8-12-51-13-9-45)38-31(48)26-17-23(20-43(26)2)39-32(49)27-18-24(21-44(27)3)40-33(50)29-28(35)34(53-41-29)37-5-7-46-10-14-52-15-11-46/h16-21,37H,4-15H2,1-3H3,(H,36,47)(H,38,48)(H,39,49)(H,40,50). The summed E-state index contributed by atoms with van der Waals surface area (Å²) >= 11 is 7.61. The Kier molecular flexibility index (Phi) is 12.5. The summed E-state index contributed by atoms with van der Waals surface area (Å²) in [4.78, 5) is 56.9. The van der Waals surface area contributed by atoms with E-state index in [1.165, 1.54) is 6.07 Å². The molecule has 0 aliphatic carbocycles. The van der Waals surface area contributed by atoms with Gasteiger partial charge in [0.05, 0.1) is 43.5 Å². The van der Waals surface area contributed by atoms with Gasteiger partial charge in [0.1, 0.15) is 27.1 Å². The summed E-state index contributed by atoms with van der Waals surface area (Å²) < 4.78 is 19.8. The quantitative estimate of drug-likeness (QED) is 0.128. The zero-order valence-corrected chi connectivity index (χ0v) is 31.4. The van der Waals surface area contributed by atoms with Crippen LogP contribution >= 0.6 is 23.1 Å². The number of nitrogens with zero attached hydrogens (tertiary/aromatic N) is 6. The fraction of sp³-hybridized carbons (Fsp3) is 0.441. The van der Waals surface area contributed by atoms with Crippen LogP contribution in [0.2, 0.25) is 5.02 Å². The molecule has 17 nitrogen and oxygen atoms in total. The van der Waals surface area contributed by atoms with Crippen molar-refractivity contribution in [1.29, 1.82) is 0 Å². The fourth-order valence-electron chi connectivity index (χ4n) is 6.08. The van der Waals surface area contributed by atoms with Crippen molar-refractivity contribution in [2.75, 3.05) is 100 Å². The maximum Gasteiger partial charge on any atom is 0.277 e. The molecule has 6 rings (SSSR count). The lowest BCUT2D eigenvalue weighted by molar-refractivity contribution is 0.0383. The van der Waals surface area contributed by atoms with Gasteiger partial charge in [0, 0.05) is 92.1 Å². The highest BCUT2D eigenvalue weighted by molar-refractivity contribution is 7.11. The number of halogens is 1. The highest BCUT2D eigenvalue weighted by atomic mass is 35.5. The first-order chi connectivity index (χ1) is 25.5. The molecular formula is C34H44ClN11O6S. The van der Waals surface area contributed by atoms with Crippen LogP contribution in [0.15, 0.2) is 36.8 Å². The molecule has 19 heteroatoms. The molecule has 0 radical (unpaired) electrons. The van der Waals surface area contributed by atoms with Gasteiger partial charge in [-0.2, -0.15) is 4.37 Å². The minimum atomic E-state index is -0.501. The van der Waals surface area contributed by atoms with Gasteiger partial charge >= 0.3 is 0 Å². The highest BCUT2D eigenvalue weighted by Gasteiger charge is 2.22. The topological polar surface area (TPSA) is 181 Å². The zero-order valence-electron chi connectivity index (χ0n) is 29.9. The molecule has 2 saturated heterocycles. The van der Waals surface area contributed by atoms with E-state index in [0.29, 0.717) is 54.1 Å². The summed E-state index contributed by atoms with van der Waals surface area (Å²) in [6, 6.07) is 4.71. The first-order valence-electron chi connectivity index (χ1n) is 17.3. The lowest BCUT2D eigenvalue weighted by Gasteiger charge is -2.26. The van der Waals surface area contributed by atoms with Crippen molar-refractivity contribution in [2.24, 2.45) is 21.1 Å². The molecule has 0 saturated carbocycles. The van der Waals surface area contributed by atoms with Crippen LogP contribution in [-0.4, -0.2) is 130 Å². The third-order valence-corrected chi connectivity index (χ3v) is 10.3. The summed E-state index contributed by atoms with van der Waals surface area (Å²) in [7, 11) is 5.10. The van der Waals surface area contributed by atoms with Crippen molar-refractivity contribution in [1.82, 2.24) is 33.2 Å². The molecule has 284 valence electrons. The molecule has 6 heterocycles. The monoisotopic (exact) mass is 769 g/mol. The maximum absolute atomic E-state index is 13.3. The molecule has 4 amide bonds. The first kappa shape index (κ1) is 38.0.